The van der Waals surface area contributed by atoms with E-state index in [4.69, 9.17) is 9.47 Å². The van der Waals surface area contributed by atoms with E-state index < -0.39 is 0 Å². The summed E-state index contributed by atoms with van der Waals surface area (Å²) in [6, 6.07) is 14.0. The maximum Gasteiger partial charge on any atom is 0.227 e. The van der Waals surface area contributed by atoms with Gasteiger partial charge in [0, 0.05) is 11.4 Å². The fourth-order valence-corrected chi connectivity index (χ4v) is 3.32. The second-order valence-electron chi connectivity index (χ2n) is 5.73. The largest absolute Gasteiger partial charge is 0.493 e. The number of fused-ring (bicyclic) bond motifs is 1. The van der Waals surface area contributed by atoms with Crippen molar-refractivity contribution in [3.05, 3.63) is 53.6 Å². The van der Waals surface area contributed by atoms with E-state index in [-0.39, 0.29) is 11.8 Å². The van der Waals surface area contributed by atoms with Crippen molar-refractivity contribution in [3.8, 4) is 11.5 Å². The number of carbonyl (C=O) groups excluding carboxylic acids is 1. The number of hydrogen-bond donors (Lipinski definition) is 1. The van der Waals surface area contributed by atoms with Crippen molar-refractivity contribution >= 4 is 17.7 Å². The summed E-state index contributed by atoms with van der Waals surface area (Å²) in [5.74, 6) is 1.34. The molecule has 0 saturated heterocycles. The van der Waals surface area contributed by atoms with Gasteiger partial charge in [0.1, 0.15) is 6.61 Å². The number of thioether (sulfide) groups is 1. The SMILES string of the molecule is COc1cccc2c1OC[C@H](C(=O)NCc1cccc(SC)c1)C2. The lowest BCUT2D eigenvalue weighted by Gasteiger charge is -2.25. The van der Waals surface area contributed by atoms with Crippen molar-refractivity contribution in [2.45, 2.75) is 17.9 Å². The van der Waals surface area contributed by atoms with Gasteiger partial charge in [0.2, 0.25) is 5.91 Å². The first-order valence-corrected chi connectivity index (χ1v) is 9.13. The van der Waals surface area contributed by atoms with Crippen LogP contribution in [0.4, 0.5) is 0 Å². The Morgan fingerprint density at radius 2 is 2.17 bits per heavy atom. The molecule has 0 aliphatic carbocycles. The molecule has 0 radical (unpaired) electrons. The molecule has 1 N–H and O–H groups in total. The Morgan fingerprint density at radius 3 is 2.96 bits per heavy atom. The van der Waals surface area contributed by atoms with Gasteiger partial charge in [0.25, 0.3) is 0 Å². The van der Waals surface area contributed by atoms with Gasteiger partial charge in [-0.25, -0.2) is 0 Å². The van der Waals surface area contributed by atoms with Gasteiger partial charge in [-0.05, 0) is 42.0 Å². The normalized spacial score (nSPS) is 16.0. The fourth-order valence-electron chi connectivity index (χ4n) is 2.84. The molecule has 0 aromatic heterocycles. The van der Waals surface area contributed by atoms with Crippen LogP contribution < -0.4 is 14.8 Å². The number of methoxy groups -OCH3 is 1. The first kappa shape index (κ1) is 16.7. The summed E-state index contributed by atoms with van der Waals surface area (Å²) >= 11 is 1.70. The van der Waals surface area contributed by atoms with E-state index in [2.05, 4.69) is 17.4 Å². The quantitative estimate of drug-likeness (QED) is 0.847. The van der Waals surface area contributed by atoms with Gasteiger partial charge < -0.3 is 14.8 Å². The summed E-state index contributed by atoms with van der Waals surface area (Å²) < 4.78 is 11.1. The Morgan fingerprint density at radius 1 is 1.33 bits per heavy atom. The van der Waals surface area contributed by atoms with Crippen LogP contribution in [0.3, 0.4) is 0 Å². The number of nitrogens with one attached hydrogen (secondary N) is 1. The first-order chi connectivity index (χ1) is 11.7. The van der Waals surface area contributed by atoms with Crippen LogP contribution >= 0.6 is 11.8 Å². The fraction of sp³-hybridized carbons (Fsp3) is 0.316. The van der Waals surface area contributed by atoms with Crippen LogP contribution in [0.15, 0.2) is 47.4 Å². The maximum atomic E-state index is 12.5. The predicted octanol–water partition coefficient (Wildman–Crippen LogP) is 3.28. The van der Waals surface area contributed by atoms with Gasteiger partial charge in [-0.3, -0.25) is 4.79 Å². The van der Waals surface area contributed by atoms with E-state index >= 15 is 0 Å². The maximum absolute atomic E-state index is 12.5. The monoisotopic (exact) mass is 343 g/mol. The molecule has 2 aromatic carbocycles. The average Bonchev–Trinajstić information content (AvgIpc) is 2.65. The highest BCUT2D eigenvalue weighted by molar-refractivity contribution is 7.98. The highest BCUT2D eigenvalue weighted by Gasteiger charge is 2.27. The van der Waals surface area contributed by atoms with Gasteiger partial charge in [-0.1, -0.05) is 24.3 Å². The van der Waals surface area contributed by atoms with E-state index in [0.717, 1.165) is 22.6 Å². The third kappa shape index (κ3) is 3.67. The molecule has 1 atom stereocenters. The summed E-state index contributed by atoms with van der Waals surface area (Å²) in [6.45, 7) is 0.915. The van der Waals surface area contributed by atoms with Crippen molar-refractivity contribution in [2.24, 2.45) is 5.92 Å². The van der Waals surface area contributed by atoms with Crippen LogP contribution in [0.1, 0.15) is 11.1 Å². The number of ether oxygens (including phenoxy) is 2. The third-order valence-electron chi connectivity index (χ3n) is 4.15. The Balaban J connectivity index is 1.62. The number of amides is 1. The Labute approximate surface area is 146 Å². The molecule has 2 aromatic rings. The van der Waals surface area contributed by atoms with Gasteiger partial charge in [0.15, 0.2) is 11.5 Å². The van der Waals surface area contributed by atoms with Crippen molar-refractivity contribution in [1.82, 2.24) is 5.32 Å². The van der Waals surface area contributed by atoms with Crippen LogP contribution in [0.5, 0.6) is 11.5 Å². The second-order valence-corrected chi connectivity index (χ2v) is 6.61. The highest BCUT2D eigenvalue weighted by atomic mass is 32.2. The van der Waals surface area contributed by atoms with Crippen LogP contribution in [-0.4, -0.2) is 25.9 Å². The number of para-hydroxylation sites is 1. The molecule has 1 aliphatic rings. The van der Waals surface area contributed by atoms with Crippen molar-refractivity contribution in [3.63, 3.8) is 0 Å². The predicted molar refractivity (Wildman–Crippen MR) is 95.8 cm³/mol. The minimum Gasteiger partial charge on any atom is -0.493 e. The minimum absolute atomic E-state index is 0.0259. The van der Waals surface area contributed by atoms with Gasteiger partial charge in [0.05, 0.1) is 13.0 Å². The molecule has 0 spiro atoms. The lowest BCUT2D eigenvalue weighted by atomic mass is 9.95. The zero-order valence-electron chi connectivity index (χ0n) is 13.9. The number of carbonyl (C=O) groups is 1. The van der Waals surface area contributed by atoms with E-state index in [1.165, 1.54) is 4.90 Å². The molecule has 1 aliphatic heterocycles. The van der Waals surface area contributed by atoms with Crippen LogP contribution in [0.25, 0.3) is 0 Å². The second kappa shape index (κ2) is 7.62. The van der Waals surface area contributed by atoms with Gasteiger partial charge >= 0.3 is 0 Å². The topological polar surface area (TPSA) is 47.6 Å². The molecule has 0 bridgehead atoms. The van der Waals surface area contributed by atoms with E-state index in [1.54, 1.807) is 18.9 Å². The molecule has 4 nitrogen and oxygen atoms in total. The molecule has 0 saturated carbocycles. The highest BCUT2D eigenvalue weighted by Crippen LogP contribution is 2.36. The molecule has 126 valence electrons. The van der Waals surface area contributed by atoms with Crippen molar-refractivity contribution in [2.75, 3.05) is 20.0 Å². The lowest BCUT2D eigenvalue weighted by molar-refractivity contribution is -0.126. The number of benzene rings is 2. The first-order valence-electron chi connectivity index (χ1n) is 7.90. The van der Waals surface area contributed by atoms with Gasteiger partial charge in [-0.15, -0.1) is 11.8 Å². The molecular weight excluding hydrogens is 322 g/mol. The standard InChI is InChI=1S/C19H21NO3S/c1-22-17-8-4-6-14-10-15(12-23-18(14)17)19(21)20-11-13-5-3-7-16(9-13)24-2/h3-9,15H,10-12H2,1-2H3,(H,20,21)/t15-/m1/s1. The molecule has 1 heterocycles. The Kier molecular flexibility index (Phi) is 5.30. The molecule has 3 rings (SSSR count). The van der Waals surface area contributed by atoms with Crippen molar-refractivity contribution in [1.29, 1.82) is 0 Å². The zero-order valence-corrected chi connectivity index (χ0v) is 14.7. The molecule has 5 heteroatoms. The smallest absolute Gasteiger partial charge is 0.227 e. The number of hydrogen-bond acceptors (Lipinski definition) is 4. The summed E-state index contributed by atoms with van der Waals surface area (Å²) in [5.41, 5.74) is 2.12. The summed E-state index contributed by atoms with van der Waals surface area (Å²) in [5, 5.41) is 3.02. The van der Waals surface area contributed by atoms with E-state index in [0.29, 0.717) is 19.6 Å². The summed E-state index contributed by atoms with van der Waals surface area (Å²) in [7, 11) is 1.63. The van der Waals surface area contributed by atoms with E-state index in [1.807, 2.05) is 36.6 Å². The average molecular weight is 343 g/mol. The molecule has 24 heavy (non-hydrogen) atoms. The Hall–Kier alpha value is -2.14. The molecule has 1 amide bonds. The van der Waals surface area contributed by atoms with Crippen molar-refractivity contribution < 1.29 is 14.3 Å². The minimum atomic E-state index is -0.173. The van der Waals surface area contributed by atoms with Crippen LogP contribution in [0, 0.1) is 5.92 Å². The summed E-state index contributed by atoms with van der Waals surface area (Å²) in [4.78, 5) is 13.7. The van der Waals surface area contributed by atoms with Crippen LogP contribution in [0.2, 0.25) is 0 Å². The molecule has 0 unspecified atom stereocenters. The lowest BCUT2D eigenvalue weighted by Crippen LogP contribution is -2.37. The van der Waals surface area contributed by atoms with E-state index in [9.17, 15) is 4.79 Å². The zero-order chi connectivity index (χ0) is 16.9. The summed E-state index contributed by atoms with van der Waals surface area (Å²) in [6.07, 6.45) is 2.71. The molecular formula is C19H21NO3S. The van der Waals surface area contributed by atoms with Gasteiger partial charge in [-0.2, -0.15) is 0 Å². The third-order valence-corrected chi connectivity index (χ3v) is 4.87. The molecule has 0 fully saturated rings. The van der Waals surface area contributed by atoms with Crippen LogP contribution in [-0.2, 0) is 17.8 Å². The number of rotatable bonds is 5. The Bertz CT molecular complexity index is 732.